The summed E-state index contributed by atoms with van der Waals surface area (Å²) in [5.41, 5.74) is 1.98. The van der Waals surface area contributed by atoms with Crippen LogP contribution in [-0.4, -0.2) is 33.9 Å². The average molecular weight is 391 g/mol. The molecule has 0 saturated heterocycles. The number of aromatic nitrogens is 2. The number of amides is 1. The van der Waals surface area contributed by atoms with E-state index in [0.717, 1.165) is 11.1 Å². The molecule has 0 aliphatic heterocycles. The predicted octanol–water partition coefficient (Wildman–Crippen LogP) is 3.12. The van der Waals surface area contributed by atoms with Gasteiger partial charge in [-0.15, -0.1) is 11.8 Å². The molecule has 1 aromatic heterocycles. The zero-order valence-corrected chi connectivity index (χ0v) is 16.8. The number of ether oxygens (including phenoxy) is 1. The van der Waals surface area contributed by atoms with Gasteiger partial charge in [0.1, 0.15) is 0 Å². The summed E-state index contributed by atoms with van der Waals surface area (Å²) in [6, 6.07) is 7.30. The van der Waals surface area contributed by atoms with E-state index >= 15 is 0 Å². The zero-order chi connectivity index (χ0) is 19.8. The van der Waals surface area contributed by atoms with Gasteiger partial charge in [0, 0.05) is 6.92 Å². The lowest BCUT2D eigenvalue weighted by Gasteiger charge is -2.19. The Kier molecular flexibility index (Phi) is 7.84. The second kappa shape index (κ2) is 10.1. The van der Waals surface area contributed by atoms with Crippen LogP contribution < -0.4 is 5.32 Å². The Labute approximate surface area is 163 Å². The van der Waals surface area contributed by atoms with Crippen molar-refractivity contribution in [1.29, 1.82) is 0 Å². The maximum Gasteiger partial charge on any atom is 0.308 e. The summed E-state index contributed by atoms with van der Waals surface area (Å²) in [7, 11) is 0. The Bertz CT molecular complexity index is 759. The van der Waals surface area contributed by atoms with Crippen molar-refractivity contribution < 1.29 is 18.8 Å². The van der Waals surface area contributed by atoms with Crippen LogP contribution in [0.15, 0.2) is 28.8 Å². The molecule has 0 bridgehead atoms. The van der Waals surface area contributed by atoms with Gasteiger partial charge in [-0.05, 0) is 26.3 Å². The summed E-state index contributed by atoms with van der Waals surface area (Å²) in [4.78, 5) is 28.5. The molecule has 1 atom stereocenters. The first-order valence-corrected chi connectivity index (χ1v) is 9.91. The number of thioether (sulfide) groups is 1. The van der Waals surface area contributed by atoms with Crippen LogP contribution in [0.3, 0.4) is 0 Å². The summed E-state index contributed by atoms with van der Waals surface area (Å²) in [6.07, 6.45) is -0.109. The molecule has 1 unspecified atom stereocenters. The van der Waals surface area contributed by atoms with Gasteiger partial charge in [0.25, 0.3) is 0 Å². The van der Waals surface area contributed by atoms with E-state index in [9.17, 15) is 9.59 Å². The SMILES string of the molecule is Cc1ccc(C(CC(=O)OC(C)C)NC(=O)CSCc2noc(C)n2)cc1. The van der Waals surface area contributed by atoms with Crippen molar-refractivity contribution in [2.75, 3.05) is 5.75 Å². The second-order valence-corrected chi connectivity index (χ2v) is 7.48. The third-order valence-electron chi connectivity index (χ3n) is 3.59. The van der Waals surface area contributed by atoms with E-state index in [1.165, 1.54) is 11.8 Å². The van der Waals surface area contributed by atoms with Crippen molar-refractivity contribution in [3.05, 3.63) is 47.1 Å². The number of hydrogen-bond acceptors (Lipinski definition) is 7. The molecule has 0 spiro atoms. The van der Waals surface area contributed by atoms with Gasteiger partial charge < -0.3 is 14.6 Å². The van der Waals surface area contributed by atoms with Gasteiger partial charge in [0.15, 0.2) is 5.82 Å². The molecular weight excluding hydrogens is 366 g/mol. The minimum atomic E-state index is -0.433. The molecule has 0 fully saturated rings. The van der Waals surface area contributed by atoms with E-state index in [1.54, 1.807) is 20.8 Å². The number of esters is 1. The number of hydrogen-bond donors (Lipinski definition) is 1. The van der Waals surface area contributed by atoms with Gasteiger partial charge in [-0.2, -0.15) is 4.98 Å². The molecule has 7 nitrogen and oxygen atoms in total. The van der Waals surface area contributed by atoms with E-state index in [0.29, 0.717) is 17.5 Å². The van der Waals surface area contributed by atoms with Crippen molar-refractivity contribution in [3.8, 4) is 0 Å². The molecule has 1 N–H and O–H groups in total. The van der Waals surface area contributed by atoms with Crippen molar-refractivity contribution >= 4 is 23.6 Å². The number of benzene rings is 1. The third kappa shape index (κ3) is 7.42. The van der Waals surface area contributed by atoms with Crippen LogP contribution in [0, 0.1) is 13.8 Å². The van der Waals surface area contributed by atoms with E-state index in [2.05, 4.69) is 15.5 Å². The van der Waals surface area contributed by atoms with Crippen molar-refractivity contribution in [2.45, 2.75) is 52.0 Å². The lowest BCUT2D eigenvalue weighted by Crippen LogP contribution is -2.32. The highest BCUT2D eigenvalue weighted by atomic mass is 32.2. The monoisotopic (exact) mass is 391 g/mol. The highest BCUT2D eigenvalue weighted by Gasteiger charge is 2.20. The van der Waals surface area contributed by atoms with Gasteiger partial charge in [-0.1, -0.05) is 35.0 Å². The topological polar surface area (TPSA) is 94.3 Å². The van der Waals surface area contributed by atoms with Crippen LogP contribution in [0.5, 0.6) is 0 Å². The fraction of sp³-hybridized carbons (Fsp3) is 0.474. The number of nitrogens with zero attached hydrogens (tertiary/aromatic N) is 2. The molecule has 0 aliphatic carbocycles. The smallest absolute Gasteiger partial charge is 0.308 e. The molecule has 2 aromatic rings. The van der Waals surface area contributed by atoms with Crippen LogP contribution in [0.25, 0.3) is 0 Å². The van der Waals surface area contributed by atoms with Gasteiger partial charge in [0.2, 0.25) is 11.8 Å². The van der Waals surface area contributed by atoms with Crippen molar-refractivity contribution in [3.63, 3.8) is 0 Å². The van der Waals surface area contributed by atoms with Crippen LogP contribution in [0.2, 0.25) is 0 Å². The fourth-order valence-corrected chi connectivity index (χ4v) is 3.07. The Hall–Kier alpha value is -2.35. The largest absolute Gasteiger partial charge is 0.463 e. The number of rotatable bonds is 9. The standard InChI is InChI=1S/C19H25N3O4S/c1-12(2)25-19(24)9-16(15-7-5-13(3)6-8-15)21-18(23)11-27-10-17-20-14(4)26-22-17/h5-8,12,16H,9-11H2,1-4H3,(H,21,23). The van der Waals surface area contributed by atoms with Gasteiger partial charge in [0.05, 0.1) is 30.1 Å². The van der Waals surface area contributed by atoms with E-state index < -0.39 is 6.04 Å². The van der Waals surface area contributed by atoms with Crippen LogP contribution in [-0.2, 0) is 20.1 Å². The Balaban J connectivity index is 1.94. The molecule has 1 aromatic carbocycles. The Morgan fingerprint density at radius 3 is 2.52 bits per heavy atom. The molecule has 0 radical (unpaired) electrons. The highest BCUT2D eigenvalue weighted by molar-refractivity contribution is 7.99. The number of carbonyl (C=O) groups is 2. The Morgan fingerprint density at radius 2 is 1.93 bits per heavy atom. The minimum Gasteiger partial charge on any atom is -0.463 e. The first kappa shape index (κ1) is 21.0. The maximum absolute atomic E-state index is 12.3. The molecule has 2 rings (SSSR count). The lowest BCUT2D eigenvalue weighted by atomic mass is 10.0. The lowest BCUT2D eigenvalue weighted by molar-refractivity contribution is -0.148. The van der Waals surface area contributed by atoms with Crippen LogP contribution in [0.4, 0.5) is 0 Å². The normalized spacial score (nSPS) is 12.0. The van der Waals surface area contributed by atoms with Gasteiger partial charge >= 0.3 is 5.97 Å². The summed E-state index contributed by atoms with van der Waals surface area (Å²) >= 11 is 1.38. The van der Waals surface area contributed by atoms with Gasteiger partial charge in [-0.3, -0.25) is 9.59 Å². The zero-order valence-electron chi connectivity index (χ0n) is 16.0. The fourth-order valence-electron chi connectivity index (χ4n) is 2.40. The maximum atomic E-state index is 12.3. The van der Waals surface area contributed by atoms with Crippen LogP contribution in [0.1, 0.15) is 49.2 Å². The molecule has 0 aliphatic rings. The third-order valence-corrected chi connectivity index (χ3v) is 4.52. The van der Waals surface area contributed by atoms with Crippen molar-refractivity contribution in [1.82, 2.24) is 15.5 Å². The molecule has 1 amide bonds. The summed E-state index contributed by atoms with van der Waals surface area (Å²) < 4.78 is 10.1. The summed E-state index contributed by atoms with van der Waals surface area (Å²) in [5, 5.41) is 6.72. The average Bonchev–Trinajstić information content (AvgIpc) is 2.99. The molecule has 8 heteroatoms. The first-order chi connectivity index (χ1) is 12.8. The summed E-state index contributed by atoms with van der Waals surface area (Å²) in [6.45, 7) is 7.30. The molecule has 1 heterocycles. The highest BCUT2D eigenvalue weighted by Crippen LogP contribution is 2.19. The van der Waals surface area contributed by atoms with E-state index in [1.807, 2.05) is 31.2 Å². The molecule has 27 heavy (non-hydrogen) atoms. The number of carbonyl (C=O) groups excluding carboxylic acids is 2. The molecule has 0 saturated carbocycles. The van der Waals surface area contributed by atoms with Gasteiger partial charge in [-0.25, -0.2) is 0 Å². The van der Waals surface area contributed by atoms with E-state index in [-0.39, 0.29) is 30.2 Å². The first-order valence-electron chi connectivity index (χ1n) is 8.76. The quantitative estimate of drug-likeness (QED) is 0.656. The predicted molar refractivity (Wildman–Crippen MR) is 103 cm³/mol. The second-order valence-electron chi connectivity index (χ2n) is 6.50. The Morgan fingerprint density at radius 1 is 1.22 bits per heavy atom. The van der Waals surface area contributed by atoms with E-state index in [4.69, 9.17) is 9.26 Å². The molecule has 146 valence electrons. The minimum absolute atomic E-state index is 0.0850. The molecular formula is C19H25N3O4S. The van der Waals surface area contributed by atoms with Crippen molar-refractivity contribution in [2.24, 2.45) is 0 Å². The van der Waals surface area contributed by atoms with Crippen LogP contribution >= 0.6 is 11.8 Å². The number of aryl methyl sites for hydroxylation is 2. The summed E-state index contributed by atoms with van der Waals surface area (Å²) in [5.74, 6) is 1.26. The number of nitrogens with one attached hydrogen (secondary N) is 1.